The van der Waals surface area contributed by atoms with Crippen LogP contribution in [0, 0.1) is 0 Å². The predicted molar refractivity (Wildman–Crippen MR) is 75.9 cm³/mol. The van der Waals surface area contributed by atoms with E-state index in [1.54, 1.807) is 12.5 Å². The number of pyridine rings is 1. The molecule has 3 rings (SSSR count). The Hall–Kier alpha value is -2.43. The molecule has 0 spiro atoms. The number of hydrogen-bond acceptors (Lipinski definition) is 4. The van der Waals surface area contributed by atoms with Crippen molar-refractivity contribution in [2.45, 2.75) is 19.9 Å². The van der Waals surface area contributed by atoms with Crippen LogP contribution in [0.2, 0.25) is 0 Å². The summed E-state index contributed by atoms with van der Waals surface area (Å²) in [4.78, 5) is 16.0. The molecule has 3 aromatic heterocycles. The predicted octanol–water partition coefficient (Wildman–Crippen LogP) is 2.84. The van der Waals surface area contributed by atoms with Gasteiger partial charge in [-0.25, -0.2) is 15.0 Å². The first kappa shape index (κ1) is 11.6. The zero-order valence-electron chi connectivity index (χ0n) is 10.9. The Morgan fingerprint density at radius 1 is 1.16 bits per heavy atom. The molecule has 0 aliphatic carbocycles. The van der Waals surface area contributed by atoms with Crippen LogP contribution in [0.15, 0.2) is 36.9 Å². The number of aromatic nitrogens is 4. The van der Waals surface area contributed by atoms with Gasteiger partial charge >= 0.3 is 0 Å². The summed E-state index contributed by atoms with van der Waals surface area (Å²) in [7, 11) is 0. The van der Waals surface area contributed by atoms with Gasteiger partial charge in [-0.2, -0.15) is 0 Å². The SMILES string of the molecule is CC(C)Nc1cc(-c2ccnc3[nH]ccc23)ncn1. The Morgan fingerprint density at radius 3 is 2.89 bits per heavy atom. The van der Waals surface area contributed by atoms with Crippen LogP contribution < -0.4 is 5.32 Å². The molecule has 0 atom stereocenters. The fourth-order valence-electron chi connectivity index (χ4n) is 2.06. The van der Waals surface area contributed by atoms with Crippen molar-refractivity contribution in [3.05, 3.63) is 36.9 Å². The molecule has 0 aliphatic heterocycles. The van der Waals surface area contributed by atoms with Crippen LogP contribution in [0.1, 0.15) is 13.8 Å². The Bertz CT molecular complexity index is 702. The van der Waals surface area contributed by atoms with Crippen molar-refractivity contribution in [2.24, 2.45) is 0 Å². The molecule has 3 heterocycles. The lowest BCUT2D eigenvalue weighted by molar-refractivity contribution is 0.886. The van der Waals surface area contributed by atoms with E-state index >= 15 is 0 Å². The van der Waals surface area contributed by atoms with Gasteiger partial charge in [-0.3, -0.25) is 0 Å². The van der Waals surface area contributed by atoms with Gasteiger partial charge in [-0.1, -0.05) is 0 Å². The van der Waals surface area contributed by atoms with E-state index in [1.165, 1.54) is 0 Å². The summed E-state index contributed by atoms with van der Waals surface area (Å²) in [6, 6.07) is 6.28. The van der Waals surface area contributed by atoms with E-state index in [9.17, 15) is 0 Å². The standard InChI is InChI=1S/C14H15N5/c1-9(2)19-13-7-12(17-8-18-13)10-3-5-15-14-11(10)4-6-16-14/h3-9H,1-2H3,(H,15,16)(H,17,18,19). The molecule has 0 aliphatic rings. The summed E-state index contributed by atoms with van der Waals surface area (Å²) in [6.07, 6.45) is 5.25. The van der Waals surface area contributed by atoms with Crippen molar-refractivity contribution in [1.82, 2.24) is 19.9 Å². The van der Waals surface area contributed by atoms with Crippen LogP contribution in [-0.2, 0) is 0 Å². The molecule has 3 aromatic rings. The maximum absolute atomic E-state index is 4.35. The van der Waals surface area contributed by atoms with Gasteiger partial charge in [-0.05, 0) is 26.0 Å². The summed E-state index contributed by atoms with van der Waals surface area (Å²) in [5, 5.41) is 4.35. The van der Waals surface area contributed by atoms with Gasteiger partial charge in [0.05, 0.1) is 5.69 Å². The number of nitrogens with one attached hydrogen (secondary N) is 2. The van der Waals surface area contributed by atoms with Crippen molar-refractivity contribution >= 4 is 16.9 Å². The van der Waals surface area contributed by atoms with Gasteiger partial charge in [0.25, 0.3) is 0 Å². The van der Waals surface area contributed by atoms with Crippen LogP contribution >= 0.6 is 0 Å². The fraction of sp³-hybridized carbons (Fsp3) is 0.214. The Balaban J connectivity index is 2.08. The Labute approximate surface area is 111 Å². The molecule has 0 radical (unpaired) electrons. The highest BCUT2D eigenvalue weighted by atomic mass is 15.0. The average molecular weight is 253 g/mol. The summed E-state index contributed by atoms with van der Waals surface area (Å²) >= 11 is 0. The number of rotatable bonds is 3. The van der Waals surface area contributed by atoms with Crippen molar-refractivity contribution in [3.63, 3.8) is 0 Å². The molecule has 96 valence electrons. The first-order valence-electron chi connectivity index (χ1n) is 6.25. The zero-order valence-corrected chi connectivity index (χ0v) is 10.9. The number of hydrogen-bond donors (Lipinski definition) is 2. The van der Waals surface area contributed by atoms with Crippen LogP contribution in [0.3, 0.4) is 0 Å². The Kier molecular flexibility index (Phi) is 2.87. The van der Waals surface area contributed by atoms with E-state index in [2.05, 4.69) is 39.1 Å². The van der Waals surface area contributed by atoms with Crippen molar-refractivity contribution < 1.29 is 0 Å². The van der Waals surface area contributed by atoms with E-state index in [0.29, 0.717) is 6.04 Å². The van der Waals surface area contributed by atoms with E-state index < -0.39 is 0 Å². The van der Waals surface area contributed by atoms with Crippen molar-refractivity contribution in [3.8, 4) is 11.3 Å². The summed E-state index contributed by atoms with van der Waals surface area (Å²) in [5.41, 5.74) is 2.82. The first-order chi connectivity index (χ1) is 9.24. The molecule has 0 amide bonds. The molecule has 19 heavy (non-hydrogen) atoms. The third-order valence-electron chi connectivity index (χ3n) is 2.84. The quantitative estimate of drug-likeness (QED) is 0.753. The molecule has 0 unspecified atom stereocenters. The minimum absolute atomic E-state index is 0.340. The highest BCUT2D eigenvalue weighted by molar-refractivity contribution is 5.91. The summed E-state index contributed by atoms with van der Waals surface area (Å²) in [6.45, 7) is 4.16. The Morgan fingerprint density at radius 2 is 2.05 bits per heavy atom. The topological polar surface area (TPSA) is 66.5 Å². The molecule has 0 saturated heterocycles. The second-order valence-electron chi connectivity index (χ2n) is 4.69. The van der Waals surface area contributed by atoms with Gasteiger partial charge < -0.3 is 10.3 Å². The average Bonchev–Trinajstić information content (AvgIpc) is 2.86. The van der Waals surface area contributed by atoms with Gasteiger partial charge in [0.15, 0.2) is 0 Å². The molecule has 5 heteroatoms. The van der Waals surface area contributed by atoms with Crippen LogP contribution in [0.4, 0.5) is 5.82 Å². The second-order valence-corrected chi connectivity index (χ2v) is 4.69. The van der Waals surface area contributed by atoms with E-state index in [4.69, 9.17) is 0 Å². The van der Waals surface area contributed by atoms with Crippen LogP contribution in [0.5, 0.6) is 0 Å². The maximum Gasteiger partial charge on any atom is 0.137 e. The molecular weight excluding hydrogens is 238 g/mol. The molecular formula is C14H15N5. The largest absolute Gasteiger partial charge is 0.368 e. The molecule has 2 N–H and O–H groups in total. The van der Waals surface area contributed by atoms with E-state index in [0.717, 1.165) is 28.1 Å². The second kappa shape index (κ2) is 4.68. The van der Waals surface area contributed by atoms with Crippen LogP contribution in [-0.4, -0.2) is 26.0 Å². The van der Waals surface area contributed by atoms with Gasteiger partial charge in [-0.15, -0.1) is 0 Å². The highest BCUT2D eigenvalue weighted by Crippen LogP contribution is 2.26. The molecule has 0 bridgehead atoms. The minimum Gasteiger partial charge on any atom is -0.368 e. The summed E-state index contributed by atoms with van der Waals surface area (Å²) in [5.74, 6) is 0.834. The van der Waals surface area contributed by atoms with Gasteiger partial charge in [0.1, 0.15) is 17.8 Å². The number of aromatic amines is 1. The summed E-state index contributed by atoms with van der Waals surface area (Å²) < 4.78 is 0. The molecule has 5 nitrogen and oxygen atoms in total. The normalized spacial score (nSPS) is 11.1. The minimum atomic E-state index is 0.340. The number of nitrogens with zero attached hydrogens (tertiary/aromatic N) is 3. The van der Waals surface area contributed by atoms with E-state index in [1.807, 2.05) is 24.4 Å². The van der Waals surface area contributed by atoms with Crippen molar-refractivity contribution in [1.29, 1.82) is 0 Å². The van der Waals surface area contributed by atoms with Gasteiger partial charge in [0.2, 0.25) is 0 Å². The highest BCUT2D eigenvalue weighted by Gasteiger charge is 2.08. The third-order valence-corrected chi connectivity index (χ3v) is 2.84. The lowest BCUT2D eigenvalue weighted by Crippen LogP contribution is -2.11. The van der Waals surface area contributed by atoms with Gasteiger partial charge in [0, 0.05) is 35.5 Å². The zero-order chi connectivity index (χ0) is 13.2. The maximum atomic E-state index is 4.35. The van der Waals surface area contributed by atoms with Crippen LogP contribution in [0.25, 0.3) is 22.3 Å². The monoisotopic (exact) mass is 253 g/mol. The molecule has 0 aromatic carbocycles. The lowest BCUT2D eigenvalue weighted by atomic mass is 10.1. The van der Waals surface area contributed by atoms with E-state index in [-0.39, 0.29) is 0 Å². The van der Waals surface area contributed by atoms with Crippen molar-refractivity contribution in [2.75, 3.05) is 5.32 Å². The smallest absolute Gasteiger partial charge is 0.137 e. The number of H-pyrrole nitrogens is 1. The first-order valence-corrected chi connectivity index (χ1v) is 6.25. The third kappa shape index (κ3) is 2.27. The fourth-order valence-corrected chi connectivity index (χ4v) is 2.06. The molecule has 0 fully saturated rings. The number of fused-ring (bicyclic) bond motifs is 1. The number of anilines is 1. The lowest BCUT2D eigenvalue weighted by Gasteiger charge is -2.10. The molecule has 0 saturated carbocycles.